The fourth-order valence-electron chi connectivity index (χ4n) is 1.84. The third-order valence-corrected chi connectivity index (χ3v) is 2.93. The van der Waals surface area contributed by atoms with Crippen LogP contribution in [-0.4, -0.2) is 17.4 Å². The molecule has 3 N–H and O–H groups in total. The van der Waals surface area contributed by atoms with Crippen molar-refractivity contribution in [2.75, 3.05) is 12.3 Å². The average Bonchev–Trinajstić information content (AvgIpc) is 2.41. The second-order valence-corrected chi connectivity index (χ2v) is 4.55. The Bertz CT molecular complexity index is 611. The normalized spacial score (nSPS) is 10.3. The predicted molar refractivity (Wildman–Crippen MR) is 75.8 cm³/mol. The molecule has 1 aromatic heterocycles. The van der Waals surface area contributed by atoms with Crippen LogP contribution in [0.2, 0.25) is 0 Å². The highest BCUT2D eigenvalue weighted by Gasteiger charge is 2.09. The molecule has 4 nitrogen and oxygen atoms in total. The highest BCUT2D eigenvalue weighted by Crippen LogP contribution is 2.11. The molecule has 1 amide bonds. The van der Waals surface area contributed by atoms with Gasteiger partial charge in [-0.3, -0.25) is 9.78 Å². The molecule has 0 unspecified atom stereocenters. The van der Waals surface area contributed by atoms with Crippen LogP contribution >= 0.6 is 0 Å². The zero-order valence-corrected chi connectivity index (χ0v) is 11.2. The lowest BCUT2D eigenvalue weighted by molar-refractivity contribution is 0.0954. The standard InChI is InChI=1S/C15H16FN3O/c1-10-8-14(17)13(9-19-10)15(20)18-7-6-11-2-4-12(16)5-3-11/h2-5,8-9H,6-7H2,1H3,(H2,17,19)(H,18,20). The van der Waals surface area contributed by atoms with E-state index in [9.17, 15) is 9.18 Å². The maximum Gasteiger partial charge on any atom is 0.254 e. The van der Waals surface area contributed by atoms with Gasteiger partial charge in [0.25, 0.3) is 5.91 Å². The van der Waals surface area contributed by atoms with E-state index in [1.807, 2.05) is 6.92 Å². The smallest absolute Gasteiger partial charge is 0.254 e. The van der Waals surface area contributed by atoms with Crippen molar-refractivity contribution in [2.45, 2.75) is 13.3 Å². The minimum Gasteiger partial charge on any atom is -0.398 e. The molecule has 0 saturated heterocycles. The van der Waals surface area contributed by atoms with Crippen LogP contribution in [0.3, 0.4) is 0 Å². The van der Waals surface area contributed by atoms with Crippen molar-refractivity contribution >= 4 is 11.6 Å². The Morgan fingerprint density at radius 2 is 2.05 bits per heavy atom. The van der Waals surface area contributed by atoms with Crippen molar-refractivity contribution in [1.29, 1.82) is 0 Å². The van der Waals surface area contributed by atoms with E-state index in [0.717, 1.165) is 11.3 Å². The maximum absolute atomic E-state index is 12.7. The fourth-order valence-corrected chi connectivity index (χ4v) is 1.84. The zero-order valence-electron chi connectivity index (χ0n) is 11.2. The Hall–Kier alpha value is -2.43. The number of nitrogens with one attached hydrogen (secondary N) is 1. The minimum absolute atomic E-state index is 0.253. The molecule has 1 heterocycles. The van der Waals surface area contributed by atoms with Gasteiger partial charge in [-0.25, -0.2) is 4.39 Å². The van der Waals surface area contributed by atoms with Crippen molar-refractivity contribution in [2.24, 2.45) is 0 Å². The number of hydrogen-bond donors (Lipinski definition) is 2. The number of nitrogens with zero attached hydrogens (tertiary/aromatic N) is 1. The van der Waals surface area contributed by atoms with Crippen molar-refractivity contribution in [3.05, 3.63) is 59.2 Å². The number of pyridine rings is 1. The van der Waals surface area contributed by atoms with Crippen LogP contribution < -0.4 is 11.1 Å². The van der Waals surface area contributed by atoms with E-state index in [-0.39, 0.29) is 11.7 Å². The monoisotopic (exact) mass is 273 g/mol. The third-order valence-electron chi connectivity index (χ3n) is 2.93. The average molecular weight is 273 g/mol. The van der Waals surface area contributed by atoms with Crippen LogP contribution in [0.15, 0.2) is 36.5 Å². The first-order valence-electron chi connectivity index (χ1n) is 6.31. The van der Waals surface area contributed by atoms with Gasteiger partial charge >= 0.3 is 0 Å². The third kappa shape index (κ3) is 3.54. The Morgan fingerprint density at radius 3 is 2.70 bits per heavy atom. The maximum atomic E-state index is 12.7. The lowest BCUT2D eigenvalue weighted by atomic mass is 10.1. The molecular formula is C15H16FN3O. The van der Waals surface area contributed by atoms with E-state index in [2.05, 4.69) is 10.3 Å². The molecule has 2 aromatic rings. The van der Waals surface area contributed by atoms with Crippen LogP contribution in [0.4, 0.5) is 10.1 Å². The molecule has 0 aliphatic heterocycles. The van der Waals surface area contributed by atoms with E-state index in [0.29, 0.717) is 24.2 Å². The van der Waals surface area contributed by atoms with Gasteiger partial charge in [-0.2, -0.15) is 0 Å². The number of halogens is 1. The van der Waals surface area contributed by atoms with Crippen molar-refractivity contribution in [1.82, 2.24) is 10.3 Å². The zero-order chi connectivity index (χ0) is 14.5. The largest absolute Gasteiger partial charge is 0.398 e. The number of aryl methyl sites for hydroxylation is 1. The summed E-state index contributed by atoms with van der Waals surface area (Å²) in [6, 6.07) is 7.86. The van der Waals surface area contributed by atoms with Crippen LogP contribution in [0, 0.1) is 12.7 Å². The molecule has 0 aliphatic carbocycles. The van der Waals surface area contributed by atoms with Crippen molar-refractivity contribution < 1.29 is 9.18 Å². The van der Waals surface area contributed by atoms with E-state index in [1.54, 1.807) is 18.2 Å². The molecule has 0 bridgehead atoms. The summed E-state index contributed by atoms with van der Waals surface area (Å²) >= 11 is 0. The molecule has 0 atom stereocenters. The van der Waals surface area contributed by atoms with Crippen LogP contribution in [-0.2, 0) is 6.42 Å². The number of carbonyl (C=O) groups is 1. The minimum atomic E-state index is -0.267. The Morgan fingerprint density at radius 1 is 1.35 bits per heavy atom. The van der Waals surface area contributed by atoms with Gasteiger partial charge in [0.2, 0.25) is 0 Å². The summed E-state index contributed by atoms with van der Waals surface area (Å²) in [7, 11) is 0. The SMILES string of the molecule is Cc1cc(N)c(C(=O)NCCc2ccc(F)cc2)cn1. The number of nitrogens with two attached hydrogens (primary N) is 1. The van der Waals surface area contributed by atoms with E-state index in [1.165, 1.54) is 18.3 Å². The van der Waals surface area contributed by atoms with Crippen LogP contribution in [0.5, 0.6) is 0 Å². The van der Waals surface area contributed by atoms with E-state index >= 15 is 0 Å². The van der Waals surface area contributed by atoms with E-state index < -0.39 is 0 Å². The second kappa shape index (κ2) is 6.14. The van der Waals surface area contributed by atoms with Crippen LogP contribution in [0.1, 0.15) is 21.6 Å². The predicted octanol–water partition coefficient (Wildman–Crippen LogP) is 2.08. The number of nitrogen functional groups attached to an aromatic ring is 1. The van der Waals surface area contributed by atoms with Crippen molar-refractivity contribution in [3.63, 3.8) is 0 Å². The molecule has 0 fully saturated rings. The van der Waals surface area contributed by atoms with Crippen LogP contribution in [0.25, 0.3) is 0 Å². The first-order valence-corrected chi connectivity index (χ1v) is 6.31. The fraction of sp³-hybridized carbons (Fsp3) is 0.200. The number of rotatable bonds is 4. The number of benzene rings is 1. The van der Waals surface area contributed by atoms with Gasteiger partial charge in [-0.15, -0.1) is 0 Å². The summed E-state index contributed by atoms with van der Waals surface area (Å²) in [6.45, 7) is 2.27. The highest BCUT2D eigenvalue weighted by atomic mass is 19.1. The van der Waals surface area contributed by atoms with Gasteiger partial charge in [0.1, 0.15) is 5.82 Å². The lowest BCUT2D eigenvalue weighted by Crippen LogP contribution is -2.26. The molecule has 0 spiro atoms. The summed E-state index contributed by atoms with van der Waals surface area (Å²) in [4.78, 5) is 16.0. The molecule has 104 valence electrons. The highest BCUT2D eigenvalue weighted by molar-refractivity contribution is 5.98. The molecule has 5 heteroatoms. The summed E-state index contributed by atoms with van der Waals surface area (Å²) in [5.74, 6) is -0.520. The van der Waals surface area contributed by atoms with Gasteiger partial charge in [0.15, 0.2) is 0 Å². The van der Waals surface area contributed by atoms with Gasteiger partial charge in [0, 0.05) is 24.1 Å². The Balaban J connectivity index is 1.90. The quantitative estimate of drug-likeness (QED) is 0.896. The lowest BCUT2D eigenvalue weighted by Gasteiger charge is -2.07. The Kier molecular flexibility index (Phi) is 4.30. The van der Waals surface area contributed by atoms with Gasteiger partial charge in [-0.1, -0.05) is 12.1 Å². The number of anilines is 1. The number of carbonyl (C=O) groups excluding carboxylic acids is 1. The summed E-state index contributed by atoms with van der Waals surface area (Å²) in [5, 5.41) is 2.77. The summed E-state index contributed by atoms with van der Waals surface area (Å²) in [5.41, 5.74) is 8.29. The van der Waals surface area contributed by atoms with Crippen molar-refractivity contribution in [3.8, 4) is 0 Å². The van der Waals surface area contributed by atoms with Gasteiger partial charge in [0.05, 0.1) is 5.56 Å². The van der Waals surface area contributed by atoms with Gasteiger partial charge in [-0.05, 0) is 37.1 Å². The molecule has 0 radical (unpaired) electrons. The molecular weight excluding hydrogens is 257 g/mol. The molecule has 0 saturated carbocycles. The van der Waals surface area contributed by atoms with Gasteiger partial charge < -0.3 is 11.1 Å². The first-order chi connectivity index (χ1) is 9.56. The summed E-state index contributed by atoms with van der Waals surface area (Å²) in [6.07, 6.45) is 2.10. The number of amides is 1. The first kappa shape index (κ1) is 14.0. The molecule has 0 aliphatic rings. The molecule has 2 rings (SSSR count). The molecule has 20 heavy (non-hydrogen) atoms. The number of hydrogen-bond acceptors (Lipinski definition) is 3. The topological polar surface area (TPSA) is 68.0 Å². The Labute approximate surface area is 116 Å². The number of aromatic nitrogens is 1. The molecule has 1 aromatic carbocycles. The van der Waals surface area contributed by atoms with E-state index in [4.69, 9.17) is 5.73 Å². The second-order valence-electron chi connectivity index (χ2n) is 4.55. The summed E-state index contributed by atoms with van der Waals surface area (Å²) < 4.78 is 12.7.